The number of piperidine rings is 1. The van der Waals surface area contributed by atoms with Gasteiger partial charge in [-0.05, 0) is 65.3 Å². The lowest BCUT2D eigenvalue weighted by Crippen LogP contribution is -2.46. The van der Waals surface area contributed by atoms with Gasteiger partial charge in [-0.1, -0.05) is 6.92 Å². The molecule has 1 saturated heterocycles. The first-order valence-corrected chi connectivity index (χ1v) is 8.07. The van der Waals surface area contributed by atoms with Crippen molar-refractivity contribution in [1.29, 1.82) is 0 Å². The minimum atomic E-state index is -0.836. The van der Waals surface area contributed by atoms with Crippen LogP contribution in [-0.2, 0) is 9.53 Å². The number of ether oxygens (including phenoxy) is 1. The van der Waals surface area contributed by atoms with Crippen LogP contribution in [0.25, 0.3) is 0 Å². The van der Waals surface area contributed by atoms with Crippen LogP contribution in [0.5, 0.6) is 0 Å². The van der Waals surface area contributed by atoms with Crippen molar-refractivity contribution in [1.82, 2.24) is 4.90 Å². The van der Waals surface area contributed by atoms with Gasteiger partial charge in [0.1, 0.15) is 5.54 Å². The number of carbonyl (C=O) groups is 1. The van der Waals surface area contributed by atoms with Gasteiger partial charge in [-0.25, -0.2) is 0 Å². The lowest BCUT2D eigenvalue weighted by atomic mass is 9.93. The fourth-order valence-electron chi connectivity index (χ4n) is 2.90. The van der Waals surface area contributed by atoms with Crippen molar-refractivity contribution in [2.75, 3.05) is 19.7 Å². The summed E-state index contributed by atoms with van der Waals surface area (Å²) in [7, 11) is 0. The summed E-state index contributed by atoms with van der Waals surface area (Å²) in [4.78, 5) is 14.3. The normalized spacial score (nSPS) is 27.1. The highest BCUT2D eigenvalue weighted by Gasteiger charge is 2.29. The molecule has 1 rings (SSSR count). The van der Waals surface area contributed by atoms with Crippen LogP contribution in [0.4, 0.5) is 0 Å². The van der Waals surface area contributed by atoms with Crippen molar-refractivity contribution in [3.05, 3.63) is 0 Å². The van der Waals surface area contributed by atoms with E-state index in [1.54, 1.807) is 6.92 Å². The Morgan fingerprint density at radius 1 is 1.35 bits per heavy atom. The van der Waals surface area contributed by atoms with E-state index in [4.69, 9.17) is 10.5 Å². The molecule has 0 aliphatic carbocycles. The van der Waals surface area contributed by atoms with Gasteiger partial charge in [0.25, 0.3) is 0 Å². The molecule has 1 heterocycles. The number of hydrogen-bond donors (Lipinski definition) is 1. The summed E-state index contributed by atoms with van der Waals surface area (Å²) in [6.07, 6.45) is 5.43. The molecular weight excluding hydrogens is 252 g/mol. The van der Waals surface area contributed by atoms with Crippen molar-refractivity contribution in [3.63, 3.8) is 0 Å². The Labute approximate surface area is 124 Å². The first-order chi connectivity index (χ1) is 9.36. The van der Waals surface area contributed by atoms with E-state index in [1.807, 2.05) is 6.92 Å². The topological polar surface area (TPSA) is 55.6 Å². The quantitative estimate of drug-likeness (QED) is 0.576. The van der Waals surface area contributed by atoms with Crippen molar-refractivity contribution < 1.29 is 9.53 Å². The van der Waals surface area contributed by atoms with Crippen LogP contribution in [-0.4, -0.2) is 42.1 Å². The van der Waals surface area contributed by atoms with Crippen molar-refractivity contribution >= 4 is 5.97 Å². The predicted molar refractivity (Wildman–Crippen MR) is 82.5 cm³/mol. The molecule has 4 nitrogen and oxygen atoms in total. The van der Waals surface area contributed by atoms with E-state index in [0.29, 0.717) is 19.1 Å². The van der Waals surface area contributed by atoms with Crippen molar-refractivity contribution in [2.24, 2.45) is 11.7 Å². The van der Waals surface area contributed by atoms with Crippen LogP contribution in [0.15, 0.2) is 0 Å². The van der Waals surface area contributed by atoms with Gasteiger partial charge in [0, 0.05) is 12.6 Å². The Morgan fingerprint density at radius 3 is 2.70 bits per heavy atom. The zero-order valence-electron chi connectivity index (χ0n) is 13.7. The number of carbonyl (C=O) groups excluding carboxylic acids is 1. The molecule has 2 N–H and O–H groups in total. The molecule has 3 atom stereocenters. The van der Waals surface area contributed by atoms with Crippen LogP contribution in [0.2, 0.25) is 0 Å². The summed E-state index contributed by atoms with van der Waals surface area (Å²) >= 11 is 0. The molecule has 0 radical (unpaired) electrons. The third-order valence-corrected chi connectivity index (χ3v) is 4.38. The molecule has 0 aromatic heterocycles. The zero-order chi connectivity index (χ0) is 15.2. The average molecular weight is 284 g/mol. The fourth-order valence-corrected chi connectivity index (χ4v) is 2.90. The van der Waals surface area contributed by atoms with Gasteiger partial charge < -0.3 is 15.4 Å². The first-order valence-electron chi connectivity index (χ1n) is 8.07. The molecule has 1 fully saturated rings. The third kappa shape index (κ3) is 5.41. The van der Waals surface area contributed by atoms with E-state index in [1.165, 1.54) is 19.4 Å². The number of esters is 1. The summed E-state index contributed by atoms with van der Waals surface area (Å²) in [5, 5.41) is 0. The van der Waals surface area contributed by atoms with Gasteiger partial charge in [0.05, 0.1) is 6.61 Å². The number of unbranched alkanes of at least 4 members (excludes halogenated alkanes) is 1. The second kappa shape index (κ2) is 7.99. The number of nitrogens with zero attached hydrogens (tertiary/aromatic N) is 1. The number of likely N-dealkylation sites (tertiary alicyclic amines) is 1. The molecule has 0 spiro atoms. The Kier molecular flexibility index (Phi) is 6.96. The number of hydrogen-bond acceptors (Lipinski definition) is 4. The van der Waals surface area contributed by atoms with Crippen LogP contribution in [0.3, 0.4) is 0 Å². The second-order valence-electron chi connectivity index (χ2n) is 6.62. The van der Waals surface area contributed by atoms with Gasteiger partial charge in [-0.2, -0.15) is 0 Å². The standard InChI is InChI=1S/C16H32N2O2/c1-5-20-15(19)16(4,17)10-6-7-11-18-12-13(2)8-9-14(18)3/h13-14H,5-12,17H2,1-4H3. The Balaban J connectivity index is 2.25. The molecule has 20 heavy (non-hydrogen) atoms. The minimum absolute atomic E-state index is 0.278. The lowest BCUT2D eigenvalue weighted by molar-refractivity contribution is -0.149. The van der Waals surface area contributed by atoms with Crippen LogP contribution in [0, 0.1) is 5.92 Å². The molecule has 1 aliphatic heterocycles. The maximum atomic E-state index is 11.7. The highest BCUT2D eigenvalue weighted by atomic mass is 16.5. The number of rotatable bonds is 7. The zero-order valence-corrected chi connectivity index (χ0v) is 13.7. The van der Waals surface area contributed by atoms with Crippen molar-refractivity contribution in [2.45, 2.75) is 71.4 Å². The van der Waals surface area contributed by atoms with Gasteiger partial charge >= 0.3 is 5.97 Å². The molecule has 0 amide bonds. The lowest BCUT2D eigenvalue weighted by Gasteiger charge is -2.37. The highest BCUT2D eigenvalue weighted by Crippen LogP contribution is 2.22. The first kappa shape index (κ1) is 17.4. The van der Waals surface area contributed by atoms with Gasteiger partial charge in [0.15, 0.2) is 0 Å². The maximum absolute atomic E-state index is 11.7. The van der Waals surface area contributed by atoms with Gasteiger partial charge in [-0.15, -0.1) is 0 Å². The predicted octanol–water partition coefficient (Wildman–Crippen LogP) is 2.56. The van der Waals surface area contributed by atoms with Gasteiger partial charge in [0.2, 0.25) is 0 Å². The van der Waals surface area contributed by atoms with E-state index in [0.717, 1.165) is 25.3 Å². The van der Waals surface area contributed by atoms with Crippen molar-refractivity contribution in [3.8, 4) is 0 Å². The Hall–Kier alpha value is -0.610. The molecule has 1 aliphatic rings. The number of nitrogens with two attached hydrogens (primary N) is 1. The van der Waals surface area contributed by atoms with Crippen LogP contribution in [0.1, 0.15) is 59.8 Å². The van der Waals surface area contributed by atoms with E-state index < -0.39 is 5.54 Å². The SMILES string of the molecule is CCOC(=O)C(C)(N)CCCCN1CC(C)CCC1C. The molecule has 0 aromatic carbocycles. The fraction of sp³-hybridized carbons (Fsp3) is 0.938. The molecule has 3 unspecified atom stereocenters. The van der Waals surface area contributed by atoms with E-state index in [2.05, 4.69) is 18.7 Å². The van der Waals surface area contributed by atoms with E-state index >= 15 is 0 Å². The third-order valence-electron chi connectivity index (χ3n) is 4.38. The summed E-state index contributed by atoms with van der Waals surface area (Å²) in [5.74, 6) is 0.533. The van der Waals surface area contributed by atoms with E-state index in [-0.39, 0.29) is 5.97 Å². The Bertz CT molecular complexity index is 305. The molecule has 118 valence electrons. The Morgan fingerprint density at radius 2 is 2.05 bits per heavy atom. The summed E-state index contributed by atoms with van der Waals surface area (Å²) < 4.78 is 5.01. The largest absolute Gasteiger partial charge is 0.465 e. The second-order valence-corrected chi connectivity index (χ2v) is 6.62. The summed E-state index contributed by atoms with van der Waals surface area (Å²) in [6, 6.07) is 0.695. The smallest absolute Gasteiger partial charge is 0.325 e. The summed E-state index contributed by atoms with van der Waals surface area (Å²) in [5.41, 5.74) is 5.19. The molecule has 0 bridgehead atoms. The monoisotopic (exact) mass is 284 g/mol. The van der Waals surface area contributed by atoms with Crippen LogP contribution < -0.4 is 5.73 Å². The minimum Gasteiger partial charge on any atom is -0.465 e. The summed E-state index contributed by atoms with van der Waals surface area (Å²) in [6.45, 7) is 11.0. The van der Waals surface area contributed by atoms with E-state index in [9.17, 15) is 4.79 Å². The molecule has 0 saturated carbocycles. The molecule has 4 heteroatoms. The van der Waals surface area contributed by atoms with Crippen LogP contribution >= 0.6 is 0 Å². The molecular formula is C16H32N2O2. The highest BCUT2D eigenvalue weighted by molar-refractivity contribution is 5.79. The molecule has 0 aromatic rings. The average Bonchev–Trinajstić information content (AvgIpc) is 2.39. The van der Waals surface area contributed by atoms with Gasteiger partial charge in [-0.3, -0.25) is 4.79 Å². The maximum Gasteiger partial charge on any atom is 0.325 e.